The zero-order chi connectivity index (χ0) is 18.2. The summed E-state index contributed by atoms with van der Waals surface area (Å²) in [4.78, 5) is 12.8. The lowest BCUT2D eigenvalue weighted by Gasteiger charge is -2.03. The first kappa shape index (κ1) is 15.6. The summed E-state index contributed by atoms with van der Waals surface area (Å²) < 4.78 is 11.0. The third kappa shape index (κ3) is 2.83. The molecule has 0 fully saturated rings. The fourth-order valence-electron chi connectivity index (χ4n) is 3.17. The molecule has 5 heteroatoms. The van der Waals surface area contributed by atoms with Crippen LogP contribution in [0.25, 0.3) is 34.0 Å². The first-order chi connectivity index (χ1) is 13.3. The van der Waals surface area contributed by atoms with Gasteiger partial charge in [0.2, 0.25) is 6.79 Å². The topological polar surface area (TPSA) is 60.0 Å². The lowest BCUT2D eigenvalue weighted by molar-refractivity contribution is 0.174. The molecule has 132 valence electrons. The average molecular weight is 355 g/mol. The van der Waals surface area contributed by atoms with E-state index in [2.05, 4.69) is 41.2 Å². The molecule has 2 aromatic heterocycles. The van der Waals surface area contributed by atoms with Crippen molar-refractivity contribution in [2.75, 3.05) is 6.79 Å². The van der Waals surface area contributed by atoms with Crippen LogP contribution in [0.3, 0.4) is 0 Å². The van der Waals surface area contributed by atoms with Crippen LogP contribution in [0, 0.1) is 6.92 Å². The van der Waals surface area contributed by atoms with Crippen molar-refractivity contribution in [2.45, 2.75) is 6.92 Å². The monoisotopic (exact) mass is 355 g/mol. The molecule has 0 saturated heterocycles. The molecule has 0 amide bonds. The number of rotatable bonds is 3. The Morgan fingerprint density at radius 1 is 0.889 bits per heavy atom. The summed E-state index contributed by atoms with van der Waals surface area (Å²) in [6, 6.07) is 20.0. The first-order valence-corrected chi connectivity index (χ1v) is 8.76. The minimum absolute atomic E-state index is 0.251. The van der Waals surface area contributed by atoms with Gasteiger partial charge in [-0.15, -0.1) is 0 Å². The van der Waals surface area contributed by atoms with Crippen LogP contribution in [0.15, 0.2) is 66.9 Å². The highest BCUT2D eigenvalue weighted by Gasteiger charge is 2.19. The number of aryl methyl sites for hydroxylation is 1. The van der Waals surface area contributed by atoms with E-state index in [0.29, 0.717) is 0 Å². The van der Waals surface area contributed by atoms with Crippen LogP contribution in [-0.2, 0) is 0 Å². The molecule has 0 unspecified atom stereocenters. The number of pyridine rings is 1. The quantitative estimate of drug-likeness (QED) is 0.571. The fourth-order valence-corrected chi connectivity index (χ4v) is 3.17. The van der Waals surface area contributed by atoms with Crippen LogP contribution in [0.5, 0.6) is 11.5 Å². The van der Waals surface area contributed by atoms with Gasteiger partial charge in [-0.2, -0.15) is 0 Å². The molecule has 2 aromatic carbocycles. The summed E-state index contributed by atoms with van der Waals surface area (Å²) in [5, 5.41) is 0. The average Bonchev–Trinajstić information content (AvgIpc) is 3.36. The van der Waals surface area contributed by atoms with Crippen molar-refractivity contribution in [1.82, 2.24) is 15.0 Å². The lowest BCUT2D eigenvalue weighted by Crippen LogP contribution is -1.92. The molecule has 1 aliphatic heterocycles. The van der Waals surface area contributed by atoms with E-state index in [1.807, 2.05) is 36.4 Å². The number of imidazole rings is 1. The van der Waals surface area contributed by atoms with Crippen molar-refractivity contribution in [3.05, 3.63) is 72.4 Å². The van der Waals surface area contributed by atoms with Crippen molar-refractivity contribution < 1.29 is 9.47 Å². The number of fused-ring (bicyclic) bond motifs is 1. The zero-order valence-electron chi connectivity index (χ0n) is 14.8. The third-order valence-corrected chi connectivity index (χ3v) is 4.60. The van der Waals surface area contributed by atoms with Gasteiger partial charge in [-0.1, -0.05) is 35.9 Å². The molecule has 0 bridgehead atoms. The molecule has 0 atom stereocenters. The summed E-state index contributed by atoms with van der Waals surface area (Å²) >= 11 is 0. The lowest BCUT2D eigenvalue weighted by atomic mass is 10.1. The van der Waals surface area contributed by atoms with Crippen LogP contribution < -0.4 is 9.47 Å². The van der Waals surface area contributed by atoms with Gasteiger partial charge >= 0.3 is 0 Å². The number of H-pyrrole nitrogens is 1. The maximum absolute atomic E-state index is 5.53. The number of hydrogen-bond acceptors (Lipinski definition) is 4. The summed E-state index contributed by atoms with van der Waals surface area (Å²) in [7, 11) is 0. The third-order valence-electron chi connectivity index (χ3n) is 4.60. The number of benzene rings is 2. The maximum Gasteiger partial charge on any atom is 0.231 e. The predicted molar refractivity (Wildman–Crippen MR) is 104 cm³/mol. The Kier molecular flexibility index (Phi) is 3.64. The molecule has 27 heavy (non-hydrogen) atoms. The number of ether oxygens (including phenoxy) is 2. The molecular formula is C22H17N3O2. The SMILES string of the molecule is Cc1ccc(-c2nc(-c3ccc4c(c3)OCO4)c(-c3ccccn3)[nH]2)cc1. The molecule has 1 N–H and O–H groups in total. The smallest absolute Gasteiger partial charge is 0.231 e. The molecule has 0 aliphatic carbocycles. The van der Waals surface area contributed by atoms with Crippen LogP contribution in [0.4, 0.5) is 0 Å². The van der Waals surface area contributed by atoms with Crippen LogP contribution in [0.1, 0.15) is 5.56 Å². The summed E-state index contributed by atoms with van der Waals surface area (Å²) in [6.45, 7) is 2.32. The van der Waals surface area contributed by atoms with Gasteiger partial charge in [-0.3, -0.25) is 4.98 Å². The minimum atomic E-state index is 0.251. The molecular weight excluding hydrogens is 338 g/mol. The summed E-state index contributed by atoms with van der Waals surface area (Å²) in [5.41, 5.74) is 5.76. The Hall–Kier alpha value is -3.60. The van der Waals surface area contributed by atoms with E-state index in [1.165, 1.54) is 5.56 Å². The van der Waals surface area contributed by atoms with Crippen molar-refractivity contribution in [1.29, 1.82) is 0 Å². The van der Waals surface area contributed by atoms with Crippen LogP contribution in [-0.4, -0.2) is 21.7 Å². The van der Waals surface area contributed by atoms with Gasteiger partial charge < -0.3 is 14.5 Å². The molecule has 5 nitrogen and oxygen atoms in total. The molecule has 4 aromatic rings. The minimum Gasteiger partial charge on any atom is -0.454 e. The van der Waals surface area contributed by atoms with Gasteiger partial charge in [-0.25, -0.2) is 4.98 Å². The Labute approximate surface area is 156 Å². The van der Waals surface area contributed by atoms with Crippen LogP contribution in [0.2, 0.25) is 0 Å². The first-order valence-electron chi connectivity index (χ1n) is 8.76. The Balaban J connectivity index is 1.68. The second-order valence-electron chi connectivity index (χ2n) is 6.46. The van der Waals surface area contributed by atoms with Gasteiger partial charge in [0.1, 0.15) is 5.82 Å². The number of hydrogen-bond donors (Lipinski definition) is 1. The normalized spacial score (nSPS) is 12.3. The van der Waals surface area contributed by atoms with Gasteiger partial charge in [0.25, 0.3) is 0 Å². The van der Waals surface area contributed by atoms with E-state index in [-0.39, 0.29) is 6.79 Å². The Bertz CT molecular complexity index is 1100. The number of nitrogens with one attached hydrogen (secondary N) is 1. The standard InChI is InChI=1S/C22H17N3O2/c1-14-5-7-15(8-6-14)22-24-20(21(25-22)17-4-2-3-11-23-17)16-9-10-18-19(12-16)27-13-26-18/h2-12H,13H2,1H3,(H,24,25). The van der Waals surface area contributed by atoms with Gasteiger partial charge in [-0.05, 0) is 37.3 Å². The van der Waals surface area contributed by atoms with E-state index in [0.717, 1.165) is 45.5 Å². The molecule has 0 saturated carbocycles. The second-order valence-corrected chi connectivity index (χ2v) is 6.46. The number of aromatic amines is 1. The fraction of sp³-hybridized carbons (Fsp3) is 0.0909. The van der Waals surface area contributed by atoms with Gasteiger partial charge in [0, 0.05) is 17.3 Å². The molecule has 1 aliphatic rings. The van der Waals surface area contributed by atoms with Crippen molar-refractivity contribution in [2.24, 2.45) is 0 Å². The van der Waals surface area contributed by atoms with E-state index in [9.17, 15) is 0 Å². The highest BCUT2D eigenvalue weighted by Crippen LogP contribution is 2.38. The number of aromatic nitrogens is 3. The van der Waals surface area contributed by atoms with E-state index < -0.39 is 0 Å². The van der Waals surface area contributed by atoms with Gasteiger partial charge in [0.05, 0.1) is 17.1 Å². The van der Waals surface area contributed by atoms with Crippen molar-refractivity contribution in [3.8, 4) is 45.5 Å². The molecule has 0 spiro atoms. The summed E-state index contributed by atoms with van der Waals surface area (Å²) in [6.07, 6.45) is 1.78. The highest BCUT2D eigenvalue weighted by molar-refractivity contribution is 5.80. The Morgan fingerprint density at radius 2 is 1.70 bits per heavy atom. The largest absolute Gasteiger partial charge is 0.454 e. The summed E-state index contributed by atoms with van der Waals surface area (Å²) in [5.74, 6) is 2.30. The van der Waals surface area contributed by atoms with Crippen molar-refractivity contribution >= 4 is 0 Å². The van der Waals surface area contributed by atoms with E-state index in [4.69, 9.17) is 14.5 Å². The molecule has 0 radical (unpaired) electrons. The Morgan fingerprint density at radius 3 is 2.52 bits per heavy atom. The van der Waals surface area contributed by atoms with E-state index >= 15 is 0 Å². The molecule has 5 rings (SSSR count). The predicted octanol–water partition coefficient (Wildman–Crippen LogP) is 4.84. The second kappa shape index (κ2) is 6.29. The van der Waals surface area contributed by atoms with Gasteiger partial charge in [0.15, 0.2) is 11.5 Å². The zero-order valence-corrected chi connectivity index (χ0v) is 14.8. The van der Waals surface area contributed by atoms with Crippen LogP contribution >= 0.6 is 0 Å². The molecule has 3 heterocycles. The number of nitrogens with zero attached hydrogens (tertiary/aromatic N) is 2. The van der Waals surface area contributed by atoms with E-state index in [1.54, 1.807) is 6.20 Å². The van der Waals surface area contributed by atoms with Crippen molar-refractivity contribution in [3.63, 3.8) is 0 Å². The maximum atomic E-state index is 5.53. The highest BCUT2D eigenvalue weighted by atomic mass is 16.7.